The molecule has 0 aromatic heterocycles. The van der Waals surface area contributed by atoms with Crippen LogP contribution >= 0.6 is 0 Å². The first-order valence-corrected chi connectivity index (χ1v) is 5.13. The predicted molar refractivity (Wildman–Crippen MR) is 63.2 cm³/mol. The van der Waals surface area contributed by atoms with Crippen molar-refractivity contribution in [3.8, 4) is 0 Å². The average molecular weight is 195 g/mol. The van der Waals surface area contributed by atoms with E-state index in [1.54, 1.807) is 0 Å². The first kappa shape index (κ1) is 9.61. The lowest BCUT2D eigenvalue weighted by Crippen LogP contribution is -2.15. The fourth-order valence-electron chi connectivity index (χ4n) is 1.60. The molecule has 0 saturated heterocycles. The van der Waals surface area contributed by atoms with Crippen molar-refractivity contribution in [3.63, 3.8) is 0 Å². The van der Waals surface area contributed by atoms with Gasteiger partial charge in [-0.15, -0.1) is 0 Å². The highest BCUT2D eigenvalue weighted by molar-refractivity contribution is 5.61. The van der Waals surface area contributed by atoms with E-state index in [-0.39, 0.29) is 0 Å². The zero-order chi connectivity index (χ0) is 10.5. The summed E-state index contributed by atoms with van der Waals surface area (Å²) < 4.78 is 0. The maximum atomic E-state index is 3.12. The Labute approximate surface area is 91.0 Å². The second kappa shape index (κ2) is 4.52. The number of nitrogens with zero attached hydrogens (tertiary/aromatic N) is 1. The van der Waals surface area contributed by atoms with E-state index >= 15 is 0 Å². The van der Waals surface area contributed by atoms with E-state index in [9.17, 15) is 0 Å². The Hall–Kier alpha value is -1.94. The normalized spacial score (nSPS) is 9.40. The molecule has 0 atom stereocenters. The minimum absolute atomic E-state index is 0.929. The minimum Gasteiger partial charge on any atom is -0.335 e. The molecule has 0 heterocycles. The molecule has 0 unspecified atom stereocenters. The van der Waals surface area contributed by atoms with Crippen molar-refractivity contribution in [2.75, 3.05) is 11.4 Å². The van der Waals surface area contributed by atoms with E-state index in [0.717, 1.165) is 12.2 Å². The number of rotatable bonds is 3. The summed E-state index contributed by atoms with van der Waals surface area (Å²) in [4.78, 5) is 2.20. The van der Waals surface area contributed by atoms with Crippen molar-refractivity contribution in [2.24, 2.45) is 0 Å². The molecule has 1 nitrogen and oxygen atoms in total. The molecule has 2 aromatic carbocycles. The summed E-state index contributed by atoms with van der Waals surface area (Å²) in [6.45, 7) is 3.06. The van der Waals surface area contributed by atoms with Crippen molar-refractivity contribution >= 4 is 11.4 Å². The molecule has 0 aliphatic heterocycles. The molecular formula is C14H13N. The molecule has 2 rings (SSSR count). The first-order chi connectivity index (χ1) is 7.42. The van der Waals surface area contributed by atoms with Gasteiger partial charge >= 0.3 is 0 Å². The van der Waals surface area contributed by atoms with Crippen LogP contribution in [0.1, 0.15) is 6.92 Å². The van der Waals surface area contributed by atoms with Crippen LogP contribution in [0.3, 0.4) is 0 Å². The van der Waals surface area contributed by atoms with E-state index < -0.39 is 0 Å². The smallest absolute Gasteiger partial charge is 0.0927 e. The van der Waals surface area contributed by atoms with Gasteiger partial charge in [0.05, 0.1) is 5.69 Å². The summed E-state index contributed by atoms with van der Waals surface area (Å²) in [7, 11) is 0. The lowest BCUT2D eigenvalue weighted by molar-refractivity contribution is 1.02. The van der Waals surface area contributed by atoms with Crippen LogP contribution in [0, 0.1) is 12.1 Å². The molecule has 0 aliphatic carbocycles. The molecule has 2 aromatic rings. The summed E-state index contributed by atoms with van der Waals surface area (Å²) >= 11 is 0. The van der Waals surface area contributed by atoms with Crippen molar-refractivity contribution in [1.82, 2.24) is 0 Å². The van der Waals surface area contributed by atoms with Gasteiger partial charge in [0.1, 0.15) is 0 Å². The summed E-state index contributed by atoms with van der Waals surface area (Å²) in [5.74, 6) is 0. The van der Waals surface area contributed by atoms with Gasteiger partial charge in [0.15, 0.2) is 0 Å². The third kappa shape index (κ3) is 2.11. The van der Waals surface area contributed by atoms with Gasteiger partial charge in [0.25, 0.3) is 0 Å². The third-order valence-corrected chi connectivity index (χ3v) is 2.31. The van der Waals surface area contributed by atoms with Crippen molar-refractivity contribution in [2.45, 2.75) is 6.92 Å². The molecule has 15 heavy (non-hydrogen) atoms. The molecule has 0 saturated carbocycles. The van der Waals surface area contributed by atoms with Gasteiger partial charge in [-0.05, 0) is 37.3 Å². The van der Waals surface area contributed by atoms with Crippen molar-refractivity contribution in [3.05, 3.63) is 60.7 Å². The Morgan fingerprint density at radius 3 is 2.47 bits per heavy atom. The SMILES string of the molecule is CCN(c1c#cccc1)c1ccccc1. The van der Waals surface area contributed by atoms with Gasteiger partial charge in [0, 0.05) is 12.2 Å². The van der Waals surface area contributed by atoms with E-state index in [2.05, 4.69) is 36.1 Å². The van der Waals surface area contributed by atoms with E-state index in [0.29, 0.717) is 0 Å². The lowest BCUT2D eigenvalue weighted by Gasteiger charge is -2.21. The second-order valence-electron chi connectivity index (χ2n) is 3.26. The van der Waals surface area contributed by atoms with Gasteiger partial charge in [-0.1, -0.05) is 30.3 Å². The number of hydrogen-bond acceptors (Lipinski definition) is 1. The van der Waals surface area contributed by atoms with Crippen LogP contribution in [0.25, 0.3) is 0 Å². The zero-order valence-corrected chi connectivity index (χ0v) is 8.77. The molecule has 1 heteroatoms. The highest BCUT2D eigenvalue weighted by atomic mass is 15.1. The predicted octanol–water partition coefficient (Wildman–Crippen LogP) is 3.44. The van der Waals surface area contributed by atoms with E-state index in [4.69, 9.17) is 0 Å². The minimum atomic E-state index is 0.929. The lowest BCUT2D eigenvalue weighted by atomic mass is 10.2. The van der Waals surface area contributed by atoms with E-state index in [1.165, 1.54) is 5.69 Å². The fourth-order valence-corrected chi connectivity index (χ4v) is 1.60. The van der Waals surface area contributed by atoms with Crippen LogP contribution in [0.2, 0.25) is 0 Å². The van der Waals surface area contributed by atoms with Crippen LogP contribution in [0.4, 0.5) is 11.4 Å². The van der Waals surface area contributed by atoms with Crippen LogP contribution in [0.5, 0.6) is 0 Å². The monoisotopic (exact) mass is 195 g/mol. The topological polar surface area (TPSA) is 3.24 Å². The molecule has 0 radical (unpaired) electrons. The number of para-hydroxylation sites is 1. The highest BCUT2D eigenvalue weighted by Crippen LogP contribution is 2.22. The van der Waals surface area contributed by atoms with Crippen LogP contribution in [-0.2, 0) is 0 Å². The van der Waals surface area contributed by atoms with E-state index in [1.807, 2.05) is 36.4 Å². The summed E-state index contributed by atoms with van der Waals surface area (Å²) in [5, 5.41) is 0. The van der Waals surface area contributed by atoms with Gasteiger partial charge in [-0.25, -0.2) is 0 Å². The molecule has 0 bridgehead atoms. The Kier molecular flexibility index (Phi) is 2.90. The first-order valence-electron chi connectivity index (χ1n) is 5.13. The fraction of sp³-hybridized carbons (Fsp3) is 0.143. The quantitative estimate of drug-likeness (QED) is 0.725. The summed E-state index contributed by atoms with van der Waals surface area (Å²) in [5.41, 5.74) is 2.25. The zero-order valence-electron chi connectivity index (χ0n) is 8.77. The van der Waals surface area contributed by atoms with Crippen LogP contribution < -0.4 is 4.90 Å². The largest absolute Gasteiger partial charge is 0.335 e. The number of anilines is 2. The van der Waals surface area contributed by atoms with Crippen LogP contribution in [0.15, 0.2) is 48.5 Å². The Morgan fingerprint density at radius 2 is 1.87 bits per heavy atom. The average Bonchev–Trinajstić information content (AvgIpc) is 2.33. The molecule has 74 valence electrons. The standard InChI is InChI=1S/C14H13N/c1-2-15(13-9-5-3-6-10-13)14-11-7-4-8-12-14/h3-7,9-11H,2H2,1H3. The van der Waals surface area contributed by atoms with Crippen LogP contribution in [-0.4, -0.2) is 6.54 Å². The van der Waals surface area contributed by atoms with Gasteiger partial charge < -0.3 is 4.90 Å². The molecule has 0 amide bonds. The summed E-state index contributed by atoms with van der Waals surface area (Å²) in [6, 6.07) is 22.3. The Balaban J connectivity index is 2.34. The number of benzene rings is 1. The molecule has 0 fully saturated rings. The molecular weight excluding hydrogens is 182 g/mol. The molecule has 0 aliphatic rings. The van der Waals surface area contributed by atoms with Crippen molar-refractivity contribution < 1.29 is 0 Å². The third-order valence-electron chi connectivity index (χ3n) is 2.31. The highest BCUT2D eigenvalue weighted by Gasteiger charge is 2.04. The molecule has 0 spiro atoms. The summed E-state index contributed by atoms with van der Waals surface area (Å²) in [6.07, 6.45) is 0. The number of hydrogen-bond donors (Lipinski definition) is 0. The van der Waals surface area contributed by atoms with Gasteiger partial charge in [-0.2, -0.15) is 0 Å². The maximum Gasteiger partial charge on any atom is 0.0927 e. The maximum absolute atomic E-state index is 3.12. The second-order valence-corrected chi connectivity index (χ2v) is 3.26. The van der Waals surface area contributed by atoms with Gasteiger partial charge in [0.2, 0.25) is 0 Å². The Morgan fingerprint density at radius 1 is 1.07 bits per heavy atom. The Bertz CT molecular complexity index is 355. The molecule has 0 N–H and O–H groups in total. The van der Waals surface area contributed by atoms with Gasteiger partial charge in [-0.3, -0.25) is 0 Å². The van der Waals surface area contributed by atoms with Crippen molar-refractivity contribution in [1.29, 1.82) is 0 Å².